The topological polar surface area (TPSA) is 99.2 Å². The van der Waals surface area contributed by atoms with Gasteiger partial charge < -0.3 is 15.1 Å². The first-order chi connectivity index (χ1) is 12.1. The van der Waals surface area contributed by atoms with Crippen molar-refractivity contribution in [1.82, 2.24) is 25.5 Å². The van der Waals surface area contributed by atoms with Crippen molar-refractivity contribution in [3.05, 3.63) is 30.6 Å². The minimum absolute atomic E-state index is 0.0668. The normalized spacial score (nSPS) is 14.5. The Morgan fingerprint density at radius 1 is 1.04 bits per heavy atom. The number of hydrogen-bond acceptors (Lipinski definition) is 7. The zero-order valence-electron chi connectivity index (χ0n) is 14.4. The summed E-state index contributed by atoms with van der Waals surface area (Å²) in [5, 5.41) is 13.7. The summed E-state index contributed by atoms with van der Waals surface area (Å²) in [4.78, 5) is 24.5. The largest absolute Gasteiger partial charge is 0.352 e. The van der Waals surface area contributed by atoms with Gasteiger partial charge in [0.25, 0.3) is 0 Å². The second kappa shape index (κ2) is 7.73. The molecule has 9 heteroatoms. The molecule has 0 aromatic carbocycles. The zero-order valence-corrected chi connectivity index (χ0v) is 14.4. The molecule has 0 atom stereocenters. The van der Waals surface area contributed by atoms with E-state index in [4.69, 9.17) is 0 Å². The molecule has 132 valence electrons. The van der Waals surface area contributed by atoms with Crippen LogP contribution in [0.15, 0.2) is 30.6 Å². The van der Waals surface area contributed by atoms with Gasteiger partial charge in [0.2, 0.25) is 5.95 Å². The Labute approximate surface area is 146 Å². The molecule has 0 bridgehead atoms. The molecule has 0 unspecified atom stereocenters. The highest BCUT2D eigenvalue weighted by Crippen LogP contribution is 2.16. The molecule has 0 spiro atoms. The molecule has 1 fully saturated rings. The van der Waals surface area contributed by atoms with Gasteiger partial charge in [-0.3, -0.25) is 5.32 Å². The molecule has 2 aromatic rings. The monoisotopic (exact) mass is 342 g/mol. The minimum atomic E-state index is -0.284. The van der Waals surface area contributed by atoms with Crippen molar-refractivity contribution < 1.29 is 4.79 Å². The fourth-order valence-corrected chi connectivity index (χ4v) is 2.57. The molecule has 2 amide bonds. The first kappa shape index (κ1) is 16.9. The highest BCUT2D eigenvalue weighted by molar-refractivity contribution is 5.88. The lowest BCUT2D eigenvalue weighted by atomic mass is 10.3. The predicted octanol–water partition coefficient (Wildman–Crippen LogP) is 1.12. The number of carbonyl (C=O) groups excluding carboxylic acids is 1. The quantitative estimate of drug-likeness (QED) is 0.859. The van der Waals surface area contributed by atoms with Crippen molar-refractivity contribution in [2.24, 2.45) is 0 Å². The minimum Gasteiger partial charge on any atom is -0.352 e. The summed E-state index contributed by atoms with van der Waals surface area (Å²) in [6.07, 6.45) is 3.50. The third-order valence-electron chi connectivity index (χ3n) is 3.75. The molecule has 1 saturated heterocycles. The third-order valence-corrected chi connectivity index (χ3v) is 3.75. The van der Waals surface area contributed by atoms with Crippen molar-refractivity contribution in [3.63, 3.8) is 0 Å². The summed E-state index contributed by atoms with van der Waals surface area (Å²) >= 11 is 0. The highest BCUT2D eigenvalue weighted by atomic mass is 16.2. The molecule has 0 saturated carbocycles. The molecule has 3 rings (SSSR count). The second-order valence-electron chi connectivity index (χ2n) is 6.05. The van der Waals surface area contributed by atoms with Crippen LogP contribution in [-0.4, -0.2) is 58.4 Å². The summed E-state index contributed by atoms with van der Waals surface area (Å²) in [5.74, 6) is 1.98. The maximum atomic E-state index is 11.7. The van der Waals surface area contributed by atoms with Gasteiger partial charge in [-0.1, -0.05) is 0 Å². The van der Waals surface area contributed by atoms with Crippen LogP contribution in [0.4, 0.5) is 22.4 Å². The number of amides is 2. The second-order valence-corrected chi connectivity index (χ2v) is 6.05. The Kier molecular flexibility index (Phi) is 5.22. The van der Waals surface area contributed by atoms with Crippen molar-refractivity contribution in [2.45, 2.75) is 19.9 Å². The van der Waals surface area contributed by atoms with Gasteiger partial charge in [0.05, 0.1) is 0 Å². The first-order valence-corrected chi connectivity index (χ1v) is 8.30. The lowest BCUT2D eigenvalue weighted by Gasteiger charge is -2.35. The zero-order chi connectivity index (χ0) is 17.6. The molecular weight excluding hydrogens is 320 g/mol. The SMILES string of the molecule is CC(C)NC(=O)Nc1ccc(N2CCN(c3ncccn3)CC2)nn1. The molecule has 1 aliphatic rings. The van der Waals surface area contributed by atoms with E-state index in [2.05, 4.69) is 40.6 Å². The molecule has 9 nitrogen and oxygen atoms in total. The number of urea groups is 1. The molecular formula is C16H22N8O. The fraction of sp³-hybridized carbons (Fsp3) is 0.438. The number of nitrogens with zero attached hydrogens (tertiary/aromatic N) is 6. The van der Waals surface area contributed by atoms with Crippen LogP contribution in [0.25, 0.3) is 0 Å². The van der Waals surface area contributed by atoms with Gasteiger partial charge in [-0.25, -0.2) is 14.8 Å². The van der Waals surface area contributed by atoms with Crippen molar-refractivity contribution >= 4 is 23.6 Å². The van der Waals surface area contributed by atoms with E-state index in [1.165, 1.54) is 0 Å². The van der Waals surface area contributed by atoms with E-state index in [9.17, 15) is 4.79 Å². The van der Waals surface area contributed by atoms with Crippen LogP contribution in [-0.2, 0) is 0 Å². The molecule has 25 heavy (non-hydrogen) atoms. The van der Waals surface area contributed by atoms with Crippen LogP contribution in [0.1, 0.15) is 13.8 Å². The Morgan fingerprint density at radius 3 is 2.32 bits per heavy atom. The molecule has 3 heterocycles. The van der Waals surface area contributed by atoms with E-state index in [-0.39, 0.29) is 12.1 Å². The van der Waals surface area contributed by atoms with Crippen LogP contribution in [0, 0.1) is 0 Å². The Balaban J connectivity index is 1.54. The number of aromatic nitrogens is 4. The van der Waals surface area contributed by atoms with Crippen molar-refractivity contribution in [2.75, 3.05) is 41.3 Å². The third kappa shape index (κ3) is 4.52. The molecule has 0 aliphatic carbocycles. The lowest BCUT2D eigenvalue weighted by Crippen LogP contribution is -2.47. The van der Waals surface area contributed by atoms with Crippen LogP contribution in [0.2, 0.25) is 0 Å². The predicted molar refractivity (Wildman–Crippen MR) is 95.8 cm³/mol. The number of anilines is 3. The fourth-order valence-electron chi connectivity index (χ4n) is 2.57. The highest BCUT2D eigenvalue weighted by Gasteiger charge is 2.20. The summed E-state index contributed by atoms with van der Waals surface area (Å²) in [5.41, 5.74) is 0. The summed E-state index contributed by atoms with van der Waals surface area (Å²) in [7, 11) is 0. The van der Waals surface area contributed by atoms with E-state index < -0.39 is 0 Å². The molecule has 1 aliphatic heterocycles. The van der Waals surface area contributed by atoms with E-state index in [0.717, 1.165) is 37.9 Å². The summed E-state index contributed by atoms with van der Waals surface area (Å²) < 4.78 is 0. The number of nitrogens with one attached hydrogen (secondary N) is 2. The van der Waals surface area contributed by atoms with Gasteiger partial charge in [-0.2, -0.15) is 0 Å². The average Bonchev–Trinajstić information content (AvgIpc) is 2.62. The van der Waals surface area contributed by atoms with Gasteiger partial charge in [-0.15, -0.1) is 10.2 Å². The standard InChI is InChI=1S/C16H22N8O/c1-12(2)19-16(25)20-13-4-5-14(22-21-13)23-8-10-24(11-9-23)15-17-6-3-7-18-15/h3-7,12H,8-11H2,1-2H3,(H2,19,20,21,25). The van der Waals surface area contributed by atoms with Gasteiger partial charge in [0, 0.05) is 44.6 Å². The number of carbonyl (C=O) groups is 1. The van der Waals surface area contributed by atoms with Gasteiger partial charge >= 0.3 is 6.03 Å². The van der Waals surface area contributed by atoms with E-state index in [1.54, 1.807) is 18.5 Å². The van der Waals surface area contributed by atoms with Crippen LogP contribution < -0.4 is 20.4 Å². The van der Waals surface area contributed by atoms with Crippen LogP contribution in [0.5, 0.6) is 0 Å². The number of piperazine rings is 1. The number of rotatable bonds is 4. The van der Waals surface area contributed by atoms with Gasteiger partial charge in [0.15, 0.2) is 11.6 Å². The summed E-state index contributed by atoms with van der Waals surface area (Å²) in [6, 6.07) is 5.22. The first-order valence-electron chi connectivity index (χ1n) is 8.30. The van der Waals surface area contributed by atoms with Crippen LogP contribution >= 0.6 is 0 Å². The van der Waals surface area contributed by atoms with Crippen LogP contribution in [0.3, 0.4) is 0 Å². The Hall–Kier alpha value is -2.97. The van der Waals surface area contributed by atoms with Crippen molar-refractivity contribution in [1.29, 1.82) is 0 Å². The summed E-state index contributed by atoms with van der Waals surface area (Å²) in [6.45, 7) is 7.06. The molecule has 0 radical (unpaired) electrons. The maximum Gasteiger partial charge on any atom is 0.320 e. The molecule has 2 aromatic heterocycles. The Morgan fingerprint density at radius 2 is 1.72 bits per heavy atom. The molecule has 2 N–H and O–H groups in total. The van der Waals surface area contributed by atoms with E-state index >= 15 is 0 Å². The lowest BCUT2D eigenvalue weighted by molar-refractivity contribution is 0.250. The average molecular weight is 342 g/mol. The maximum absolute atomic E-state index is 11.7. The van der Waals surface area contributed by atoms with E-state index in [0.29, 0.717) is 5.82 Å². The Bertz CT molecular complexity index is 683. The number of hydrogen-bond donors (Lipinski definition) is 2. The van der Waals surface area contributed by atoms with Gasteiger partial charge in [0.1, 0.15) is 0 Å². The van der Waals surface area contributed by atoms with Crippen molar-refractivity contribution in [3.8, 4) is 0 Å². The smallest absolute Gasteiger partial charge is 0.320 e. The van der Waals surface area contributed by atoms with Gasteiger partial charge in [-0.05, 0) is 32.0 Å². The van der Waals surface area contributed by atoms with E-state index in [1.807, 2.05) is 26.0 Å².